The fourth-order valence-corrected chi connectivity index (χ4v) is 2.00. The summed E-state index contributed by atoms with van der Waals surface area (Å²) >= 11 is 0. The van der Waals surface area contributed by atoms with Crippen molar-refractivity contribution in [3.63, 3.8) is 0 Å². The van der Waals surface area contributed by atoms with Crippen LogP contribution in [0.1, 0.15) is 11.1 Å². The summed E-state index contributed by atoms with van der Waals surface area (Å²) in [6.07, 6.45) is 0.748. The molecule has 0 unspecified atom stereocenters. The molecular formula is C16H18NO2-. The Bertz CT molecular complexity index is 499. The molecule has 0 spiro atoms. The molecule has 100 valence electrons. The standard InChI is InChI=1S/C16H19NO2/c18-12-15(10-13-6-2-1-3-7-13)17-11-14-8-4-5-9-16(14)19/h1-9,15,17-19H,10-12H2/p-1/t15-/m0/s1. The van der Waals surface area contributed by atoms with E-state index in [1.807, 2.05) is 42.5 Å². The Morgan fingerprint density at radius 1 is 1.00 bits per heavy atom. The maximum absolute atomic E-state index is 11.6. The Morgan fingerprint density at radius 3 is 2.37 bits per heavy atom. The number of benzene rings is 2. The summed E-state index contributed by atoms with van der Waals surface area (Å²) in [7, 11) is 0. The van der Waals surface area contributed by atoms with Gasteiger partial charge in [0.1, 0.15) is 0 Å². The number of hydrogen-bond acceptors (Lipinski definition) is 3. The fraction of sp³-hybridized carbons (Fsp3) is 0.250. The van der Waals surface area contributed by atoms with Gasteiger partial charge in [0, 0.05) is 12.6 Å². The van der Waals surface area contributed by atoms with Crippen molar-refractivity contribution in [2.75, 3.05) is 6.61 Å². The SMILES string of the molecule is [O-]c1ccccc1CN[C@H](CO)Cc1ccccc1. The monoisotopic (exact) mass is 256 g/mol. The molecule has 0 aliphatic rings. The lowest BCUT2D eigenvalue weighted by Crippen LogP contribution is -2.34. The van der Waals surface area contributed by atoms with Crippen LogP contribution < -0.4 is 10.4 Å². The number of nitrogens with one attached hydrogen (secondary N) is 1. The third-order valence-corrected chi connectivity index (χ3v) is 3.10. The Morgan fingerprint density at radius 2 is 1.68 bits per heavy atom. The van der Waals surface area contributed by atoms with Gasteiger partial charge in [0.25, 0.3) is 0 Å². The lowest BCUT2D eigenvalue weighted by Gasteiger charge is -2.19. The average molecular weight is 256 g/mol. The van der Waals surface area contributed by atoms with Crippen LogP contribution in [-0.4, -0.2) is 17.8 Å². The van der Waals surface area contributed by atoms with Gasteiger partial charge < -0.3 is 15.5 Å². The highest BCUT2D eigenvalue weighted by Crippen LogP contribution is 2.12. The van der Waals surface area contributed by atoms with Crippen molar-refractivity contribution in [2.24, 2.45) is 0 Å². The van der Waals surface area contributed by atoms with Crippen LogP contribution in [0.2, 0.25) is 0 Å². The van der Waals surface area contributed by atoms with Gasteiger partial charge in [-0.15, -0.1) is 5.75 Å². The van der Waals surface area contributed by atoms with Gasteiger partial charge in [0.15, 0.2) is 0 Å². The van der Waals surface area contributed by atoms with Gasteiger partial charge in [0.2, 0.25) is 0 Å². The van der Waals surface area contributed by atoms with E-state index in [0.29, 0.717) is 6.54 Å². The van der Waals surface area contributed by atoms with Gasteiger partial charge in [-0.05, 0) is 17.5 Å². The summed E-state index contributed by atoms with van der Waals surface area (Å²) in [5, 5.41) is 24.2. The van der Waals surface area contributed by atoms with E-state index in [0.717, 1.165) is 12.0 Å². The molecule has 0 saturated heterocycles. The van der Waals surface area contributed by atoms with E-state index in [-0.39, 0.29) is 18.4 Å². The Hall–Kier alpha value is -1.84. The molecule has 0 aromatic heterocycles. The first-order valence-corrected chi connectivity index (χ1v) is 6.42. The minimum absolute atomic E-state index is 0.0337. The highest BCUT2D eigenvalue weighted by atomic mass is 16.3. The molecule has 19 heavy (non-hydrogen) atoms. The molecule has 2 aromatic carbocycles. The Kier molecular flexibility index (Phi) is 4.95. The quantitative estimate of drug-likeness (QED) is 0.822. The van der Waals surface area contributed by atoms with Gasteiger partial charge in [-0.25, -0.2) is 0 Å². The molecule has 2 rings (SSSR count). The van der Waals surface area contributed by atoms with Gasteiger partial charge in [-0.2, -0.15) is 0 Å². The molecule has 0 amide bonds. The minimum Gasteiger partial charge on any atom is -0.872 e. The molecule has 0 aliphatic heterocycles. The van der Waals surface area contributed by atoms with Crippen LogP contribution in [0.15, 0.2) is 54.6 Å². The highest BCUT2D eigenvalue weighted by Gasteiger charge is 2.07. The van der Waals surface area contributed by atoms with Crippen molar-refractivity contribution in [1.82, 2.24) is 5.32 Å². The third kappa shape index (κ3) is 4.09. The van der Waals surface area contributed by atoms with Crippen molar-refractivity contribution < 1.29 is 10.2 Å². The predicted octanol–water partition coefficient (Wildman–Crippen LogP) is 1.45. The average Bonchev–Trinajstić information content (AvgIpc) is 2.46. The molecule has 2 aromatic rings. The molecule has 0 fully saturated rings. The number of hydrogen-bond donors (Lipinski definition) is 2. The van der Waals surface area contributed by atoms with Gasteiger partial charge in [-0.3, -0.25) is 0 Å². The van der Waals surface area contributed by atoms with Crippen LogP contribution in [0.3, 0.4) is 0 Å². The zero-order chi connectivity index (χ0) is 13.5. The summed E-state index contributed by atoms with van der Waals surface area (Å²) < 4.78 is 0. The molecule has 0 bridgehead atoms. The second kappa shape index (κ2) is 6.92. The van der Waals surface area contributed by atoms with Crippen LogP contribution >= 0.6 is 0 Å². The zero-order valence-corrected chi connectivity index (χ0v) is 10.8. The maximum atomic E-state index is 11.6. The Labute approximate surface area is 113 Å². The largest absolute Gasteiger partial charge is 0.872 e. The van der Waals surface area contributed by atoms with Crippen LogP contribution in [0, 0.1) is 0 Å². The van der Waals surface area contributed by atoms with Crippen LogP contribution in [0.25, 0.3) is 0 Å². The number of aliphatic hydroxyl groups is 1. The van der Waals surface area contributed by atoms with E-state index >= 15 is 0 Å². The van der Waals surface area contributed by atoms with Gasteiger partial charge in [-0.1, -0.05) is 54.6 Å². The normalized spacial score (nSPS) is 12.3. The van der Waals surface area contributed by atoms with Crippen molar-refractivity contribution in [3.05, 3.63) is 65.7 Å². The molecule has 0 saturated carbocycles. The smallest absolute Gasteiger partial charge is 0.0587 e. The van der Waals surface area contributed by atoms with E-state index in [2.05, 4.69) is 5.32 Å². The molecule has 2 N–H and O–H groups in total. The fourth-order valence-electron chi connectivity index (χ4n) is 2.00. The summed E-state index contributed by atoms with van der Waals surface area (Å²) in [4.78, 5) is 0. The van der Waals surface area contributed by atoms with Gasteiger partial charge >= 0.3 is 0 Å². The lowest BCUT2D eigenvalue weighted by atomic mass is 10.1. The molecule has 0 heterocycles. The molecule has 0 radical (unpaired) electrons. The first-order valence-electron chi connectivity index (χ1n) is 6.42. The van der Waals surface area contributed by atoms with Crippen molar-refractivity contribution in [1.29, 1.82) is 0 Å². The van der Waals surface area contributed by atoms with E-state index in [9.17, 15) is 10.2 Å². The lowest BCUT2D eigenvalue weighted by molar-refractivity contribution is -0.269. The highest BCUT2D eigenvalue weighted by molar-refractivity contribution is 5.30. The molecular weight excluding hydrogens is 238 g/mol. The minimum atomic E-state index is -0.0398. The summed E-state index contributed by atoms with van der Waals surface area (Å²) in [6.45, 7) is 0.535. The number of aliphatic hydroxyl groups excluding tert-OH is 1. The molecule has 3 nitrogen and oxygen atoms in total. The summed E-state index contributed by atoms with van der Waals surface area (Å²) in [5.41, 5.74) is 1.90. The van der Waals surface area contributed by atoms with Crippen LogP contribution in [-0.2, 0) is 13.0 Å². The van der Waals surface area contributed by atoms with Crippen molar-refractivity contribution >= 4 is 0 Å². The molecule has 0 aliphatic carbocycles. The second-order valence-electron chi connectivity index (χ2n) is 4.56. The summed E-state index contributed by atoms with van der Waals surface area (Å²) in [6, 6.07) is 16.9. The van der Waals surface area contributed by atoms with Crippen LogP contribution in [0.4, 0.5) is 0 Å². The van der Waals surface area contributed by atoms with E-state index in [4.69, 9.17) is 0 Å². The van der Waals surface area contributed by atoms with Crippen LogP contribution in [0.5, 0.6) is 5.75 Å². The van der Waals surface area contributed by atoms with E-state index in [1.54, 1.807) is 12.1 Å². The third-order valence-electron chi connectivity index (χ3n) is 3.10. The predicted molar refractivity (Wildman–Crippen MR) is 73.7 cm³/mol. The van der Waals surface area contributed by atoms with E-state index in [1.165, 1.54) is 5.56 Å². The topological polar surface area (TPSA) is 55.3 Å². The maximum Gasteiger partial charge on any atom is 0.0587 e. The van der Waals surface area contributed by atoms with E-state index < -0.39 is 0 Å². The first-order chi connectivity index (χ1) is 9.29. The number of rotatable bonds is 6. The van der Waals surface area contributed by atoms with Gasteiger partial charge in [0.05, 0.1) is 6.61 Å². The number of para-hydroxylation sites is 1. The zero-order valence-electron chi connectivity index (χ0n) is 10.8. The van der Waals surface area contributed by atoms with Crippen molar-refractivity contribution in [2.45, 2.75) is 19.0 Å². The summed E-state index contributed by atoms with van der Waals surface area (Å²) in [5.74, 6) is 0.0337. The molecule has 3 heteroatoms. The molecule has 1 atom stereocenters. The van der Waals surface area contributed by atoms with Crippen molar-refractivity contribution in [3.8, 4) is 5.75 Å². The second-order valence-corrected chi connectivity index (χ2v) is 4.56. The Balaban J connectivity index is 1.91. The first kappa shape index (κ1) is 13.6.